The highest BCUT2D eigenvalue weighted by atomic mass is 19.1. The summed E-state index contributed by atoms with van der Waals surface area (Å²) < 4.78 is 18.6. The van der Waals surface area contributed by atoms with Crippen molar-refractivity contribution in [3.63, 3.8) is 0 Å². The molecule has 0 radical (unpaired) electrons. The van der Waals surface area contributed by atoms with E-state index >= 15 is 0 Å². The van der Waals surface area contributed by atoms with Gasteiger partial charge in [-0.25, -0.2) is 9.37 Å². The Labute approximate surface area is 105 Å². The molecule has 1 heterocycles. The summed E-state index contributed by atoms with van der Waals surface area (Å²) in [5, 5.41) is 10.1. The van der Waals surface area contributed by atoms with E-state index in [1.807, 2.05) is 0 Å². The Balaban J connectivity index is 2.22. The fraction of sp³-hybridized carbons (Fsp3) is 0.214. The molecule has 94 valence electrons. The number of rotatable bonds is 4. The van der Waals surface area contributed by atoms with Crippen LogP contribution < -0.4 is 4.74 Å². The number of benzene rings is 1. The molecule has 1 aromatic carbocycles. The lowest BCUT2D eigenvalue weighted by molar-refractivity contribution is 0.171. The standard InChI is InChI=1S/C14H14FNO2/c1-18-14-11(6-4-8-16-14)13(17)9-10-5-2-3-7-12(10)15/h2-8,13,17H,9H2,1H3. The lowest BCUT2D eigenvalue weighted by Gasteiger charge is -2.14. The lowest BCUT2D eigenvalue weighted by Crippen LogP contribution is -2.06. The topological polar surface area (TPSA) is 42.4 Å². The van der Waals surface area contributed by atoms with Crippen molar-refractivity contribution >= 4 is 0 Å². The predicted octanol–water partition coefficient (Wildman–Crippen LogP) is 2.51. The highest BCUT2D eigenvalue weighted by Gasteiger charge is 2.15. The minimum Gasteiger partial charge on any atom is -0.481 e. The van der Waals surface area contributed by atoms with Crippen LogP contribution in [0.15, 0.2) is 42.6 Å². The highest BCUT2D eigenvalue weighted by molar-refractivity contribution is 5.30. The van der Waals surface area contributed by atoms with E-state index in [0.29, 0.717) is 17.0 Å². The number of ether oxygens (including phenoxy) is 1. The van der Waals surface area contributed by atoms with Crippen molar-refractivity contribution in [2.24, 2.45) is 0 Å². The molecule has 0 spiro atoms. The SMILES string of the molecule is COc1ncccc1C(O)Cc1ccccc1F. The van der Waals surface area contributed by atoms with Crippen molar-refractivity contribution in [2.45, 2.75) is 12.5 Å². The Morgan fingerprint density at radius 2 is 2.06 bits per heavy atom. The summed E-state index contributed by atoms with van der Waals surface area (Å²) in [6, 6.07) is 9.82. The number of methoxy groups -OCH3 is 1. The number of hydrogen-bond acceptors (Lipinski definition) is 3. The van der Waals surface area contributed by atoms with Gasteiger partial charge in [0.05, 0.1) is 13.2 Å². The molecule has 0 aliphatic heterocycles. The third-order valence-electron chi connectivity index (χ3n) is 2.72. The smallest absolute Gasteiger partial charge is 0.218 e. The van der Waals surface area contributed by atoms with Crippen molar-refractivity contribution in [1.29, 1.82) is 0 Å². The van der Waals surface area contributed by atoms with E-state index in [4.69, 9.17) is 4.74 Å². The first-order valence-corrected chi connectivity index (χ1v) is 5.62. The maximum absolute atomic E-state index is 13.5. The molecular formula is C14H14FNO2. The van der Waals surface area contributed by atoms with Crippen LogP contribution in [0.25, 0.3) is 0 Å². The van der Waals surface area contributed by atoms with E-state index in [9.17, 15) is 9.50 Å². The summed E-state index contributed by atoms with van der Waals surface area (Å²) in [7, 11) is 1.49. The van der Waals surface area contributed by atoms with Crippen LogP contribution in [-0.4, -0.2) is 17.2 Å². The van der Waals surface area contributed by atoms with Gasteiger partial charge in [0.2, 0.25) is 5.88 Å². The van der Waals surface area contributed by atoms with Crippen LogP contribution in [0.1, 0.15) is 17.2 Å². The molecule has 0 aliphatic rings. The van der Waals surface area contributed by atoms with Crippen molar-refractivity contribution < 1.29 is 14.2 Å². The summed E-state index contributed by atoms with van der Waals surface area (Å²) in [5.41, 5.74) is 1.03. The third kappa shape index (κ3) is 2.65. The van der Waals surface area contributed by atoms with Crippen molar-refractivity contribution in [1.82, 2.24) is 4.98 Å². The summed E-state index contributed by atoms with van der Waals surface area (Å²) >= 11 is 0. The molecule has 0 fully saturated rings. The average Bonchev–Trinajstić information content (AvgIpc) is 2.41. The molecule has 0 aliphatic carbocycles. The van der Waals surface area contributed by atoms with Gasteiger partial charge in [0.15, 0.2) is 0 Å². The monoisotopic (exact) mass is 247 g/mol. The second-order valence-corrected chi connectivity index (χ2v) is 3.91. The maximum Gasteiger partial charge on any atom is 0.218 e. The van der Waals surface area contributed by atoms with Gasteiger partial charge in [0.25, 0.3) is 0 Å². The van der Waals surface area contributed by atoms with Gasteiger partial charge in [-0.05, 0) is 23.8 Å². The Morgan fingerprint density at radius 3 is 2.78 bits per heavy atom. The second kappa shape index (κ2) is 5.60. The number of aromatic nitrogens is 1. The van der Waals surface area contributed by atoms with Crippen LogP contribution in [0.2, 0.25) is 0 Å². The molecule has 0 bridgehead atoms. The summed E-state index contributed by atoms with van der Waals surface area (Å²) in [5.74, 6) is 0.0424. The molecule has 1 aromatic heterocycles. The Morgan fingerprint density at radius 1 is 1.28 bits per heavy atom. The van der Waals surface area contributed by atoms with Crippen molar-refractivity contribution in [3.05, 3.63) is 59.5 Å². The summed E-state index contributed by atoms with van der Waals surface area (Å²) in [6.07, 6.45) is 0.929. The molecule has 4 heteroatoms. The first-order valence-electron chi connectivity index (χ1n) is 5.62. The number of hydrogen-bond donors (Lipinski definition) is 1. The van der Waals surface area contributed by atoms with Crippen molar-refractivity contribution in [2.75, 3.05) is 7.11 Å². The quantitative estimate of drug-likeness (QED) is 0.902. The number of aliphatic hydroxyl groups excluding tert-OH is 1. The lowest BCUT2D eigenvalue weighted by atomic mass is 10.0. The van der Waals surface area contributed by atoms with E-state index in [-0.39, 0.29) is 12.2 Å². The number of halogens is 1. The average molecular weight is 247 g/mol. The van der Waals surface area contributed by atoms with E-state index in [1.165, 1.54) is 13.2 Å². The van der Waals surface area contributed by atoms with Crippen molar-refractivity contribution in [3.8, 4) is 5.88 Å². The zero-order chi connectivity index (χ0) is 13.0. The van der Waals surface area contributed by atoms with Gasteiger partial charge in [-0.1, -0.05) is 18.2 Å². The normalized spacial score (nSPS) is 12.2. The summed E-state index contributed by atoms with van der Waals surface area (Å²) in [4.78, 5) is 4.01. The van der Waals surface area contributed by atoms with Gasteiger partial charge in [0.1, 0.15) is 5.82 Å². The molecule has 2 aromatic rings. The molecule has 0 amide bonds. The van der Waals surface area contributed by atoms with Gasteiger partial charge >= 0.3 is 0 Å². The second-order valence-electron chi connectivity index (χ2n) is 3.91. The molecule has 1 N–H and O–H groups in total. The highest BCUT2D eigenvalue weighted by Crippen LogP contribution is 2.25. The minimum absolute atomic E-state index is 0.189. The van der Waals surface area contributed by atoms with Crippen LogP contribution in [0, 0.1) is 5.82 Å². The Hall–Kier alpha value is -1.94. The first-order chi connectivity index (χ1) is 8.72. The van der Waals surface area contributed by atoms with E-state index in [0.717, 1.165) is 0 Å². The number of pyridine rings is 1. The third-order valence-corrected chi connectivity index (χ3v) is 2.72. The van der Waals surface area contributed by atoms with Gasteiger partial charge in [-0.15, -0.1) is 0 Å². The number of aliphatic hydroxyl groups is 1. The molecule has 0 saturated heterocycles. The molecular weight excluding hydrogens is 233 g/mol. The molecule has 1 unspecified atom stereocenters. The maximum atomic E-state index is 13.5. The van der Waals surface area contributed by atoms with Crippen LogP contribution in [0.5, 0.6) is 5.88 Å². The van der Waals surface area contributed by atoms with Gasteiger partial charge in [-0.3, -0.25) is 0 Å². The zero-order valence-corrected chi connectivity index (χ0v) is 10.0. The van der Waals surface area contributed by atoms with E-state index in [1.54, 1.807) is 36.5 Å². The molecule has 1 atom stereocenters. The van der Waals surface area contributed by atoms with Crippen LogP contribution in [0.3, 0.4) is 0 Å². The predicted molar refractivity (Wildman–Crippen MR) is 65.9 cm³/mol. The summed E-state index contributed by atoms with van der Waals surface area (Å²) in [6.45, 7) is 0. The van der Waals surface area contributed by atoms with Crippen LogP contribution in [0.4, 0.5) is 4.39 Å². The molecule has 3 nitrogen and oxygen atoms in total. The largest absolute Gasteiger partial charge is 0.481 e. The van der Waals surface area contributed by atoms with E-state index in [2.05, 4.69) is 4.98 Å². The van der Waals surface area contributed by atoms with E-state index < -0.39 is 6.10 Å². The fourth-order valence-electron chi connectivity index (χ4n) is 1.81. The first kappa shape index (κ1) is 12.5. The Bertz CT molecular complexity index is 531. The molecule has 18 heavy (non-hydrogen) atoms. The van der Waals surface area contributed by atoms with Gasteiger partial charge < -0.3 is 9.84 Å². The fourth-order valence-corrected chi connectivity index (χ4v) is 1.81. The van der Waals surface area contributed by atoms with Gasteiger partial charge in [-0.2, -0.15) is 0 Å². The van der Waals surface area contributed by atoms with Gasteiger partial charge in [0, 0.05) is 18.2 Å². The van der Waals surface area contributed by atoms with Crippen LogP contribution in [-0.2, 0) is 6.42 Å². The van der Waals surface area contributed by atoms with Crippen LogP contribution >= 0.6 is 0 Å². The number of nitrogens with zero attached hydrogens (tertiary/aromatic N) is 1. The minimum atomic E-state index is -0.842. The molecule has 2 rings (SSSR count). The Kier molecular flexibility index (Phi) is 3.89. The molecule has 0 saturated carbocycles. The zero-order valence-electron chi connectivity index (χ0n) is 10.0.